The summed E-state index contributed by atoms with van der Waals surface area (Å²) in [7, 11) is 1.45. The number of rotatable bonds is 2. The number of benzene rings is 2. The van der Waals surface area contributed by atoms with Crippen LogP contribution in [0.25, 0.3) is 11.1 Å². The number of Topliss-reactive ketones (excluding diaryl/α,β-unsaturated/α-hetero) is 1. The Morgan fingerprint density at radius 3 is 2.68 bits per heavy atom. The normalized spacial score (nSPS) is 15.5. The summed E-state index contributed by atoms with van der Waals surface area (Å²) in [5, 5.41) is 30.6. The Hall–Kier alpha value is -2.73. The molecule has 1 aliphatic heterocycles. The zero-order chi connectivity index (χ0) is 16.0. The second kappa shape index (κ2) is 4.92. The van der Waals surface area contributed by atoms with Crippen LogP contribution in [0.15, 0.2) is 24.3 Å². The molecule has 0 unspecified atom stereocenters. The lowest BCUT2D eigenvalue weighted by Gasteiger charge is -2.28. The highest BCUT2D eigenvalue weighted by Crippen LogP contribution is 2.53. The zero-order valence-electron chi connectivity index (χ0n) is 12.0. The van der Waals surface area contributed by atoms with E-state index in [0.29, 0.717) is 16.9 Å². The first kappa shape index (κ1) is 14.2. The number of carbonyl (C=O) groups is 1. The van der Waals surface area contributed by atoms with Gasteiger partial charge in [0.1, 0.15) is 11.5 Å². The topological polar surface area (TPSA) is 96.2 Å². The fraction of sp³-hybridized carbons (Fsp3) is 0.188. The SMILES string of the molecule is COc1cccc2c1[C@H](O)Oc1c(O)cc(C(C)=O)c(O)c1-2. The van der Waals surface area contributed by atoms with Gasteiger partial charge in [0.05, 0.1) is 23.8 Å². The number of aliphatic hydroxyl groups is 1. The molecule has 6 nitrogen and oxygen atoms in total. The molecule has 2 aromatic rings. The van der Waals surface area contributed by atoms with E-state index in [-0.39, 0.29) is 28.4 Å². The lowest BCUT2D eigenvalue weighted by molar-refractivity contribution is -0.0246. The maximum absolute atomic E-state index is 11.6. The van der Waals surface area contributed by atoms with E-state index < -0.39 is 12.1 Å². The molecule has 22 heavy (non-hydrogen) atoms. The van der Waals surface area contributed by atoms with Gasteiger partial charge in [0.2, 0.25) is 6.29 Å². The average molecular weight is 302 g/mol. The molecule has 2 aromatic carbocycles. The van der Waals surface area contributed by atoms with E-state index in [1.807, 2.05) is 0 Å². The van der Waals surface area contributed by atoms with Crippen LogP contribution >= 0.6 is 0 Å². The first-order valence-corrected chi connectivity index (χ1v) is 6.57. The third-order valence-electron chi connectivity index (χ3n) is 3.64. The van der Waals surface area contributed by atoms with Crippen molar-refractivity contribution in [1.82, 2.24) is 0 Å². The van der Waals surface area contributed by atoms with Crippen LogP contribution in [-0.4, -0.2) is 28.2 Å². The largest absolute Gasteiger partial charge is 0.506 e. The van der Waals surface area contributed by atoms with Gasteiger partial charge >= 0.3 is 0 Å². The number of aromatic hydroxyl groups is 2. The van der Waals surface area contributed by atoms with Gasteiger partial charge in [-0.15, -0.1) is 0 Å². The molecule has 0 spiro atoms. The Balaban J connectivity index is 2.39. The van der Waals surface area contributed by atoms with Gasteiger partial charge in [-0.2, -0.15) is 0 Å². The van der Waals surface area contributed by atoms with Crippen LogP contribution in [-0.2, 0) is 0 Å². The van der Waals surface area contributed by atoms with Crippen molar-refractivity contribution in [2.45, 2.75) is 13.2 Å². The molecule has 0 saturated carbocycles. The van der Waals surface area contributed by atoms with Crippen molar-refractivity contribution in [3.8, 4) is 34.1 Å². The second-order valence-electron chi connectivity index (χ2n) is 4.94. The quantitative estimate of drug-likeness (QED) is 0.582. The molecule has 3 rings (SSSR count). The minimum absolute atomic E-state index is 0.0231. The van der Waals surface area contributed by atoms with Crippen LogP contribution < -0.4 is 9.47 Å². The third kappa shape index (κ3) is 1.88. The van der Waals surface area contributed by atoms with Crippen LogP contribution in [0.3, 0.4) is 0 Å². The molecule has 6 heteroatoms. The van der Waals surface area contributed by atoms with Gasteiger partial charge in [0, 0.05) is 5.56 Å². The molecule has 0 bridgehead atoms. The Morgan fingerprint density at radius 1 is 1.32 bits per heavy atom. The summed E-state index contributed by atoms with van der Waals surface area (Å²) in [4.78, 5) is 11.6. The lowest BCUT2D eigenvalue weighted by Crippen LogP contribution is -2.15. The lowest BCUT2D eigenvalue weighted by atomic mass is 9.91. The van der Waals surface area contributed by atoms with E-state index in [1.54, 1.807) is 18.2 Å². The summed E-state index contributed by atoms with van der Waals surface area (Å²) >= 11 is 0. The molecular formula is C16H14O6. The minimum atomic E-state index is -1.35. The van der Waals surface area contributed by atoms with Crippen LogP contribution in [0.5, 0.6) is 23.0 Å². The smallest absolute Gasteiger partial charge is 0.228 e. The molecule has 0 fully saturated rings. The Labute approximate surface area is 126 Å². The van der Waals surface area contributed by atoms with Crippen molar-refractivity contribution < 1.29 is 29.6 Å². The maximum atomic E-state index is 11.6. The molecule has 0 aromatic heterocycles. The Bertz CT molecular complexity index is 781. The fourth-order valence-electron chi connectivity index (χ4n) is 2.64. The van der Waals surface area contributed by atoms with Crippen molar-refractivity contribution in [3.05, 3.63) is 35.4 Å². The first-order chi connectivity index (χ1) is 10.5. The van der Waals surface area contributed by atoms with E-state index in [9.17, 15) is 20.1 Å². The Morgan fingerprint density at radius 2 is 2.05 bits per heavy atom. The Kier molecular flexibility index (Phi) is 3.18. The average Bonchev–Trinajstić information content (AvgIpc) is 2.49. The number of hydrogen-bond donors (Lipinski definition) is 3. The molecule has 114 valence electrons. The minimum Gasteiger partial charge on any atom is -0.506 e. The van der Waals surface area contributed by atoms with Gasteiger partial charge in [-0.25, -0.2) is 0 Å². The van der Waals surface area contributed by atoms with Gasteiger partial charge in [-0.1, -0.05) is 12.1 Å². The van der Waals surface area contributed by atoms with Gasteiger partial charge < -0.3 is 24.8 Å². The molecule has 0 radical (unpaired) electrons. The fourth-order valence-corrected chi connectivity index (χ4v) is 2.64. The number of hydrogen-bond acceptors (Lipinski definition) is 6. The molecule has 1 heterocycles. The van der Waals surface area contributed by atoms with E-state index in [2.05, 4.69) is 0 Å². The number of ketones is 1. The van der Waals surface area contributed by atoms with Crippen LogP contribution in [0.4, 0.5) is 0 Å². The highest BCUT2D eigenvalue weighted by Gasteiger charge is 2.33. The third-order valence-corrected chi connectivity index (χ3v) is 3.64. The van der Waals surface area contributed by atoms with Crippen LogP contribution in [0, 0.1) is 0 Å². The molecule has 3 N–H and O–H groups in total. The van der Waals surface area contributed by atoms with Crippen LogP contribution in [0.1, 0.15) is 29.1 Å². The van der Waals surface area contributed by atoms with Crippen molar-refractivity contribution in [2.24, 2.45) is 0 Å². The molecule has 0 amide bonds. The van der Waals surface area contributed by atoms with E-state index in [1.165, 1.54) is 14.0 Å². The monoisotopic (exact) mass is 302 g/mol. The second-order valence-corrected chi connectivity index (χ2v) is 4.94. The summed E-state index contributed by atoms with van der Waals surface area (Å²) < 4.78 is 10.5. The molecule has 1 atom stereocenters. The van der Waals surface area contributed by atoms with E-state index in [4.69, 9.17) is 9.47 Å². The van der Waals surface area contributed by atoms with Crippen molar-refractivity contribution in [2.75, 3.05) is 7.11 Å². The van der Waals surface area contributed by atoms with Gasteiger partial charge in [0.15, 0.2) is 17.3 Å². The summed E-state index contributed by atoms with van der Waals surface area (Å²) in [5.41, 5.74) is 0.895. The number of ether oxygens (including phenoxy) is 2. The van der Waals surface area contributed by atoms with E-state index in [0.717, 1.165) is 6.07 Å². The van der Waals surface area contributed by atoms with Gasteiger partial charge in [0.25, 0.3) is 0 Å². The highest BCUT2D eigenvalue weighted by molar-refractivity contribution is 6.01. The number of methoxy groups -OCH3 is 1. The van der Waals surface area contributed by atoms with Crippen molar-refractivity contribution in [3.63, 3.8) is 0 Å². The predicted octanol–water partition coefficient (Wildman–Crippen LogP) is 2.36. The molecule has 1 aliphatic rings. The summed E-state index contributed by atoms with van der Waals surface area (Å²) in [6, 6.07) is 6.08. The summed E-state index contributed by atoms with van der Waals surface area (Å²) in [6.07, 6.45) is -1.35. The number of aliphatic hydroxyl groups excluding tert-OH is 1. The summed E-state index contributed by atoms with van der Waals surface area (Å²) in [5.74, 6) is -0.725. The van der Waals surface area contributed by atoms with Crippen molar-refractivity contribution >= 4 is 5.78 Å². The van der Waals surface area contributed by atoms with E-state index >= 15 is 0 Å². The number of carbonyl (C=O) groups excluding carboxylic acids is 1. The number of fused-ring (bicyclic) bond motifs is 3. The first-order valence-electron chi connectivity index (χ1n) is 6.57. The highest BCUT2D eigenvalue weighted by atomic mass is 16.6. The molecule has 0 aliphatic carbocycles. The molecular weight excluding hydrogens is 288 g/mol. The summed E-state index contributed by atoms with van der Waals surface area (Å²) in [6.45, 7) is 1.28. The zero-order valence-corrected chi connectivity index (χ0v) is 12.0. The standard InChI is InChI=1S/C16H14O6/c1-7(17)9-6-10(18)15-13(14(9)19)8-4-3-5-11(21-2)12(8)16(20)22-15/h3-6,16,18-20H,1-2H3/t16-/m1/s1. The predicted molar refractivity (Wildman–Crippen MR) is 77.4 cm³/mol. The van der Waals surface area contributed by atoms with Gasteiger partial charge in [-0.3, -0.25) is 4.79 Å². The molecule has 0 saturated heterocycles. The van der Waals surface area contributed by atoms with Crippen molar-refractivity contribution in [1.29, 1.82) is 0 Å². The van der Waals surface area contributed by atoms with Crippen LogP contribution in [0.2, 0.25) is 0 Å². The number of phenolic OH excluding ortho intramolecular Hbond substituents is 2. The van der Waals surface area contributed by atoms with Gasteiger partial charge in [-0.05, 0) is 19.1 Å². The maximum Gasteiger partial charge on any atom is 0.228 e. The number of phenols is 2.